The normalized spacial score (nSPS) is 12.4. The zero-order valence-corrected chi connectivity index (χ0v) is 16.4. The summed E-state index contributed by atoms with van der Waals surface area (Å²) in [4.78, 5) is 3.57. The number of pyridine rings is 1. The van der Waals surface area contributed by atoms with Crippen molar-refractivity contribution in [1.29, 1.82) is 0 Å². The summed E-state index contributed by atoms with van der Waals surface area (Å²) in [5.74, 6) is 0. The Morgan fingerprint density at radius 3 is 2.21 bits per heavy atom. The summed E-state index contributed by atoms with van der Waals surface area (Å²) in [5, 5.41) is 7.83. The molecule has 0 aliphatic carbocycles. The first-order chi connectivity index (χ1) is 13.6. The van der Waals surface area contributed by atoms with Crippen molar-refractivity contribution in [1.82, 2.24) is 20.0 Å². The first kappa shape index (κ1) is 20.6. The van der Waals surface area contributed by atoms with E-state index < -0.39 is 20.2 Å². The Bertz CT molecular complexity index is 1280. The number of rotatable bonds is 6. The van der Waals surface area contributed by atoms with Gasteiger partial charge in [0.15, 0.2) is 0 Å². The minimum Gasteiger partial charge on any atom is -0.504 e. The van der Waals surface area contributed by atoms with E-state index >= 15 is 0 Å². The van der Waals surface area contributed by atoms with Gasteiger partial charge in [-0.15, -0.1) is 5.10 Å². The van der Waals surface area contributed by atoms with Crippen molar-refractivity contribution < 1.29 is 30.7 Å². The number of aromatic nitrogens is 4. The summed E-state index contributed by atoms with van der Waals surface area (Å²) < 4.78 is 69.8. The zero-order valence-electron chi connectivity index (χ0n) is 14.7. The van der Waals surface area contributed by atoms with Crippen LogP contribution in [0.3, 0.4) is 0 Å². The Morgan fingerprint density at radius 2 is 1.62 bits per heavy atom. The fourth-order valence-corrected chi connectivity index (χ4v) is 3.32. The fourth-order valence-electron chi connectivity index (χ4n) is 2.31. The minimum atomic E-state index is -4.50. The third-order valence-corrected chi connectivity index (χ3v) is 5.35. The Balaban J connectivity index is 2.02. The van der Waals surface area contributed by atoms with Crippen LogP contribution in [-0.4, -0.2) is 53.0 Å². The van der Waals surface area contributed by atoms with Crippen LogP contribution < -0.4 is 0 Å². The van der Waals surface area contributed by atoms with Crippen molar-refractivity contribution in [2.24, 2.45) is 0 Å². The molecule has 2 heterocycles. The van der Waals surface area contributed by atoms with Gasteiger partial charge in [0.05, 0.1) is 46.4 Å². The van der Waals surface area contributed by atoms with E-state index in [0.29, 0.717) is 5.69 Å². The van der Waals surface area contributed by atoms with Gasteiger partial charge in [-0.2, -0.15) is 16.8 Å². The lowest BCUT2D eigenvalue weighted by Crippen LogP contribution is -2.01. The molecule has 13 heteroatoms. The SMILES string of the molecule is CO/C=C/c1cc(S(=O)(=O)O)cc(-c2cn(-c3ccc(S(=O)(=O)O)cc3)nn2)n1. The number of methoxy groups -OCH3 is 1. The molecule has 0 aliphatic rings. The van der Waals surface area contributed by atoms with Crippen LogP contribution in [0.1, 0.15) is 5.69 Å². The number of hydrogen-bond acceptors (Lipinski definition) is 8. The monoisotopic (exact) mass is 438 g/mol. The lowest BCUT2D eigenvalue weighted by Gasteiger charge is -2.03. The van der Waals surface area contributed by atoms with Gasteiger partial charge >= 0.3 is 0 Å². The summed E-state index contributed by atoms with van der Waals surface area (Å²) in [7, 11) is -7.41. The van der Waals surface area contributed by atoms with Gasteiger partial charge in [-0.05, 0) is 42.5 Å². The van der Waals surface area contributed by atoms with Gasteiger partial charge in [0, 0.05) is 0 Å². The van der Waals surface area contributed by atoms with E-state index in [1.54, 1.807) is 0 Å². The highest BCUT2D eigenvalue weighted by Gasteiger charge is 2.16. The van der Waals surface area contributed by atoms with E-state index in [1.165, 1.54) is 54.6 Å². The predicted molar refractivity (Wildman–Crippen MR) is 100 cm³/mol. The molecule has 0 atom stereocenters. The van der Waals surface area contributed by atoms with Crippen molar-refractivity contribution in [2.45, 2.75) is 9.79 Å². The van der Waals surface area contributed by atoms with E-state index in [9.17, 15) is 21.4 Å². The van der Waals surface area contributed by atoms with E-state index in [0.717, 1.165) is 12.1 Å². The maximum atomic E-state index is 11.5. The number of benzene rings is 1. The molecule has 0 saturated carbocycles. The lowest BCUT2D eigenvalue weighted by atomic mass is 10.2. The van der Waals surface area contributed by atoms with Crippen molar-refractivity contribution in [3.63, 3.8) is 0 Å². The van der Waals surface area contributed by atoms with Crippen molar-refractivity contribution in [3.05, 3.63) is 54.6 Å². The lowest BCUT2D eigenvalue weighted by molar-refractivity contribution is 0.341. The highest BCUT2D eigenvalue weighted by molar-refractivity contribution is 7.86. The van der Waals surface area contributed by atoms with E-state index in [-0.39, 0.29) is 26.9 Å². The topological polar surface area (TPSA) is 162 Å². The summed E-state index contributed by atoms with van der Waals surface area (Å²) in [6, 6.07) is 7.47. The number of nitrogens with zero attached hydrogens (tertiary/aromatic N) is 4. The minimum absolute atomic E-state index is 0.122. The molecule has 0 fully saturated rings. The van der Waals surface area contributed by atoms with Gasteiger partial charge in [-0.1, -0.05) is 5.21 Å². The maximum Gasteiger partial charge on any atom is 0.294 e. The van der Waals surface area contributed by atoms with Crippen LogP contribution in [-0.2, 0) is 25.0 Å². The average molecular weight is 438 g/mol. The molecule has 1 aromatic carbocycles. The molecule has 0 bridgehead atoms. The molecular weight excluding hydrogens is 424 g/mol. The Morgan fingerprint density at radius 1 is 0.966 bits per heavy atom. The molecule has 0 saturated heterocycles. The summed E-state index contributed by atoms with van der Waals surface area (Å²) in [6.45, 7) is 0. The van der Waals surface area contributed by atoms with Crippen LogP contribution >= 0.6 is 0 Å². The Kier molecular flexibility index (Phi) is 5.48. The van der Waals surface area contributed by atoms with Gasteiger partial charge in [0.1, 0.15) is 5.69 Å². The van der Waals surface area contributed by atoms with Crippen molar-refractivity contribution in [2.75, 3.05) is 7.11 Å². The molecule has 3 aromatic rings. The Labute approximate surface area is 165 Å². The van der Waals surface area contributed by atoms with Crippen LogP contribution in [0.4, 0.5) is 0 Å². The van der Waals surface area contributed by atoms with Crippen molar-refractivity contribution in [3.8, 4) is 17.1 Å². The molecule has 29 heavy (non-hydrogen) atoms. The molecule has 3 rings (SSSR count). The molecule has 2 N–H and O–H groups in total. The molecule has 0 spiro atoms. The first-order valence-electron chi connectivity index (χ1n) is 7.77. The molecule has 0 aliphatic heterocycles. The summed E-state index contributed by atoms with van der Waals surface area (Å²) >= 11 is 0. The highest BCUT2D eigenvalue weighted by atomic mass is 32.2. The van der Waals surface area contributed by atoms with Gasteiger partial charge in [0.2, 0.25) is 0 Å². The number of ether oxygens (including phenoxy) is 1. The zero-order chi connectivity index (χ0) is 21.2. The maximum absolute atomic E-state index is 11.5. The second-order valence-corrected chi connectivity index (χ2v) is 8.49. The third kappa shape index (κ3) is 4.83. The van der Waals surface area contributed by atoms with Crippen LogP contribution in [0.25, 0.3) is 23.2 Å². The van der Waals surface area contributed by atoms with E-state index in [1.807, 2.05) is 0 Å². The van der Waals surface area contributed by atoms with Crippen LogP contribution in [0.5, 0.6) is 0 Å². The first-order valence-corrected chi connectivity index (χ1v) is 10.7. The smallest absolute Gasteiger partial charge is 0.294 e. The van der Waals surface area contributed by atoms with Crippen LogP contribution in [0, 0.1) is 0 Å². The fraction of sp³-hybridized carbons (Fsp3) is 0.0625. The third-order valence-electron chi connectivity index (χ3n) is 3.65. The molecule has 0 unspecified atom stereocenters. The molecule has 0 radical (unpaired) electrons. The second kappa shape index (κ2) is 7.71. The van der Waals surface area contributed by atoms with Crippen LogP contribution in [0.15, 0.2) is 58.6 Å². The van der Waals surface area contributed by atoms with Crippen molar-refractivity contribution >= 4 is 26.3 Å². The van der Waals surface area contributed by atoms with Gasteiger partial charge in [-0.25, -0.2) is 9.67 Å². The summed E-state index contributed by atoms with van der Waals surface area (Å²) in [5.41, 5.74) is 0.948. The standard InChI is InChI=1S/C16H14N4O7S2/c1-27-7-6-11-8-14(29(24,25)26)9-15(17-11)16-10-20(19-18-16)12-2-4-13(5-3-12)28(21,22)23/h2-10H,1H3,(H,21,22,23)(H,24,25,26)/b7-6+. The largest absolute Gasteiger partial charge is 0.504 e. The van der Waals surface area contributed by atoms with Gasteiger partial charge < -0.3 is 4.74 Å². The Hall–Kier alpha value is -3.13. The number of hydrogen-bond donors (Lipinski definition) is 2. The molecular formula is C16H14N4O7S2. The van der Waals surface area contributed by atoms with Gasteiger partial charge in [0.25, 0.3) is 20.2 Å². The quantitative estimate of drug-likeness (QED) is 0.425. The highest BCUT2D eigenvalue weighted by Crippen LogP contribution is 2.22. The molecule has 0 amide bonds. The van der Waals surface area contributed by atoms with E-state index in [2.05, 4.69) is 15.3 Å². The molecule has 2 aromatic heterocycles. The molecule has 152 valence electrons. The summed E-state index contributed by atoms with van der Waals surface area (Å²) in [6.07, 6.45) is 4.12. The second-order valence-electron chi connectivity index (χ2n) is 5.64. The molecule has 11 nitrogen and oxygen atoms in total. The van der Waals surface area contributed by atoms with E-state index in [4.69, 9.17) is 9.29 Å². The van der Waals surface area contributed by atoms with Crippen LogP contribution in [0.2, 0.25) is 0 Å². The predicted octanol–water partition coefficient (Wildman–Crippen LogP) is 1.44. The van der Waals surface area contributed by atoms with Gasteiger partial charge in [-0.3, -0.25) is 9.11 Å². The average Bonchev–Trinajstić information content (AvgIpc) is 3.15.